The molecule has 14 aromatic rings. The van der Waals surface area contributed by atoms with Gasteiger partial charge in [0.2, 0.25) is 0 Å². The van der Waals surface area contributed by atoms with Crippen LogP contribution in [-0.4, -0.2) is 24.1 Å². The maximum atomic E-state index is 6.74. The molecule has 0 spiro atoms. The topological polar surface area (TPSA) is 61.7 Å². The third-order valence-corrected chi connectivity index (χ3v) is 13.6. The van der Waals surface area contributed by atoms with Gasteiger partial charge < -0.3 is 13.6 Å². The van der Waals surface area contributed by atoms with E-state index in [9.17, 15) is 0 Å². The van der Waals surface area contributed by atoms with Crippen molar-refractivity contribution in [3.8, 4) is 67.8 Å². The SMILES string of the molecule is c1ccc(-c2nc(-c3ccccc3)nc(-c3ccccc3-n3c4ccccc4c4c(-c5cc(-c6cccc7c6oc6ccccc67)cc6c5c5ccccc5n6-c5ccccc5)cccc43)n2)cc1. The van der Waals surface area contributed by atoms with Gasteiger partial charge in [-0.2, -0.15) is 0 Å². The van der Waals surface area contributed by atoms with E-state index in [4.69, 9.17) is 19.4 Å². The molecule has 0 radical (unpaired) electrons. The van der Waals surface area contributed by atoms with Crippen molar-refractivity contribution in [1.29, 1.82) is 0 Å². The number of benzene rings is 10. The van der Waals surface area contributed by atoms with Crippen molar-refractivity contribution in [2.24, 2.45) is 0 Å². The van der Waals surface area contributed by atoms with Crippen LogP contribution in [0.25, 0.3) is 133 Å². The molecule has 0 aliphatic heterocycles. The number of furan rings is 1. The highest BCUT2D eigenvalue weighted by Crippen LogP contribution is 2.47. The molecule has 6 heteroatoms. The third kappa shape index (κ3) is 6.16. The van der Waals surface area contributed by atoms with E-state index in [-0.39, 0.29) is 0 Å². The minimum absolute atomic E-state index is 0.600. The first kappa shape index (κ1) is 38.8. The Morgan fingerprint density at radius 3 is 1.54 bits per heavy atom. The number of fused-ring (bicyclic) bond motifs is 9. The summed E-state index contributed by atoms with van der Waals surface area (Å²) in [6.07, 6.45) is 0. The zero-order valence-corrected chi connectivity index (χ0v) is 37.2. The molecule has 0 saturated carbocycles. The Hall–Kier alpha value is -9.39. The predicted molar refractivity (Wildman–Crippen MR) is 283 cm³/mol. The van der Waals surface area contributed by atoms with E-state index in [1.165, 1.54) is 10.8 Å². The molecular weight excluding hydrogens is 843 g/mol. The number of hydrogen-bond donors (Lipinski definition) is 0. The Morgan fingerprint density at radius 2 is 0.812 bits per heavy atom. The van der Waals surface area contributed by atoms with E-state index < -0.39 is 0 Å². The van der Waals surface area contributed by atoms with E-state index in [0.29, 0.717) is 17.5 Å². The summed E-state index contributed by atoms with van der Waals surface area (Å²) in [6.45, 7) is 0. The van der Waals surface area contributed by atoms with Crippen LogP contribution in [0.3, 0.4) is 0 Å². The number of aromatic nitrogens is 5. The molecule has 69 heavy (non-hydrogen) atoms. The van der Waals surface area contributed by atoms with E-state index in [1.54, 1.807) is 0 Å². The molecule has 0 aliphatic rings. The van der Waals surface area contributed by atoms with Crippen LogP contribution in [0.2, 0.25) is 0 Å². The second-order valence-corrected chi connectivity index (χ2v) is 17.5. The Kier molecular flexibility index (Phi) is 8.79. The Balaban J connectivity index is 1.06. The summed E-state index contributed by atoms with van der Waals surface area (Å²) in [5.41, 5.74) is 15.4. The molecule has 10 aromatic carbocycles. The van der Waals surface area contributed by atoms with Crippen LogP contribution in [-0.2, 0) is 0 Å². The number of para-hydroxylation sites is 6. The maximum absolute atomic E-state index is 6.74. The Bertz CT molecular complexity index is 4240. The van der Waals surface area contributed by atoms with Crippen LogP contribution in [0.1, 0.15) is 0 Å². The largest absolute Gasteiger partial charge is 0.455 e. The molecule has 322 valence electrons. The smallest absolute Gasteiger partial charge is 0.166 e. The van der Waals surface area contributed by atoms with Gasteiger partial charge in [0.05, 0.1) is 27.8 Å². The summed E-state index contributed by atoms with van der Waals surface area (Å²) in [4.78, 5) is 15.5. The van der Waals surface area contributed by atoms with Gasteiger partial charge in [0.1, 0.15) is 11.2 Å². The lowest BCUT2D eigenvalue weighted by atomic mass is 9.91. The quantitative estimate of drug-likeness (QED) is 0.160. The van der Waals surface area contributed by atoms with Gasteiger partial charge in [-0.25, -0.2) is 15.0 Å². The molecule has 4 aromatic heterocycles. The molecule has 0 unspecified atom stereocenters. The molecule has 6 nitrogen and oxygen atoms in total. The fourth-order valence-electron chi connectivity index (χ4n) is 10.6. The van der Waals surface area contributed by atoms with E-state index in [2.05, 4.69) is 203 Å². The number of rotatable bonds is 7. The average molecular weight is 882 g/mol. The predicted octanol–water partition coefficient (Wildman–Crippen LogP) is 16.3. The lowest BCUT2D eigenvalue weighted by molar-refractivity contribution is 0.670. The lowest BCUT2D eigenvalue weighted by Gasteiger charge is -2.15. The minimum Gasteiger partial charge on any atom is -0.455 e. The molecule has 14 rings (SSSR count). The van der Waals surface area contributed by atoms with Crippen LogP contribution in [0, 0.1) is 0 Å². The second kappa shape index (κ2) is 15.6. The van der Waals surface area contributed by atoms with Crippen LogP contribution in [0.4, 0.5) is 0 Å². The second-order valence-electron chi connectivity index (χ2n) is 17.5. The standard InChI is InChI=1S/C63H39N5O/c1-4-20-40(21-5-1)61-64-62(41-22-6-2-7-23-41)66-63(65-61)50-29-12-16-35-54(50)68-53-34-15-11-28-49(53)58-46(31-19-36-55(58)68)51-38-42(44-30-18-32-47-45-26-13-17-37-57(45)69-60(44)47)39-56-59(51)48-27-10-14-33-52(48)67(56)43-24-8-3-9-25-43/h1-39H. The Morgan fingerprint density at radius 1 is 0.304 bits per heavy atom. The fraction of sp³-hybridized carbons (Fsp3) is 0. The van der Waals surface area contributed by atoms with Crippen molar-refractivity contribution in [1.82, 2.24) is 24.1 Å². The summed E-state index contributed by atoms with van der Waals surface area (Å²) < 4.78 is 11.5. The van der Waals surface area contributed by atoms with Gasteiger partial charge in [0.15, 0.2) is 17.5 Å². The summed E-state index contributed by atoms with van der Waals surface area (Å²) >= 11 is 0. The summed E-state index contributed by atoms with van der Waals surface area (Å²) in [6, 6.07) is 83.4. The average Bonchev–Trinajstić information content (AvgIpc) is 4.09. The third-order valence-electron chi connectivity index (χ3n) is 13.6. The molecule has 0 N–H and O–H groups in total. The zero-order chi connectivity index (χ0) is 45.4. The van der Waals surface area contributed by atoms with Crippen molar-refractivity contribution >= 4 is 65.6 Å². The molecule has 0 amide bonds. The molecule has 0 aliphatic carbocycles. The lowest BCUT2D eigenvalue weighted by Crippen LogP contribution is -2.03. The highest BCUT2D eigenvalue weighted by molar-refractivity contribution is 6.23. The molecule has 4 heterocycles. The van der Waals surface area contributed by atoms with Gasteiger partial charge in [-0.05, 0) is 77.4 Å². The van der Waals surface area contributed by atoms with Gasteiger partial charge in [-0.1, -0.05) is 176 Å². The van der Waals surface area contributed by atoms with Crippen molar-refractivity contribution in [2.75, 3.05) is 0 Å². The van der Waals surface area contributed by atoms with Gasteiger partial charge in [-0.15, -0.1) is 0 Å². The van der Waals surface area contributed by atoms with Gasteiger partial charge in [0.25, 0.3) is 0 Å². The van der Waals surface area contributed by atoms with Crippen molar-refractivity contribution < 1.29 is 4.42 Å². The summed E-state index contributed by atoms with van der Waals surface area (Å²) in [5, 5.41) is 6.88. The minimum atomic E-state index is 0.600. The summed E-state index contributed by atoms with van der Waals surface area (Å²) in [5.74, 6) is 1.84. The molecule has 0 fully saturated rings. The first-order valence-corrected chi connectivity index (χ1v) is 23.3. The Labute approximate surface area is 396 Å². The summed E-state index contributed by atoms with van der Waals surface area (Å²) in [7, 11) is 0. The maximum Gasteiger partial charge on any atom is 0.166 e. The number of hydrogen-bond acceptors (Lipinski definition) is 4. The molecule has 0 bridgehead atoms. The number of nitrogens with zero attached hydrogens (tertiary/aromatic N) is 5. The van der Waals surface area contributed by atoms with Crippen LogP contribution in [0.5, 0.6) is 0 Å². The highest BCUT2D eigenvalue weighted by Gasteiger charge is 2.25. The van der Waals surface area contributed by atoms with Gasteiger partial charge in [0, 0.05) is 60.3 Å². The van der Waals surface area contributed by atoms with E-state index in [0.717, 1.165) is 105 Å². The van der Waals surface area contributed by atoms with Crippen molar-refractivity contribution in [3.05, 3.63) is 237 Å². The first-order chi connectivity index (χ1) is 34.2. The first-order valence-electron chi connectivity index (χ1n) is 23.3. The van der Waals surface area contributed by atoms with Crippen molar-refractivity contribution in [3.63, 3.8) is 0 Å². The highest BCUT2D eigenvalue weighted by atomic mass is 16.3. The normalized spacial score (nSPS) is 11.8. The van der Waals surface area contributed by atoms with Crippen LogP contribution in [0.15, 0.2) is 241 Å². The van der Waals surface area contributed by atoms with Crippen LogP contribution < -0.4 is 0 Å². The van der Waals surface area contributed by atoms with Gasteiger partial charge in [-0.3, -0.25) is 0 Å². The van der Waals surface area contributed by atoms with E-state index in [1.807, 2.05) is 42.5 Å². The monoisotopic (exact) mass is 881 g/mol. The van der Waals surface area contributed by atoms with Gasteiger partial charge >= 0.3 is 0 Å². The fourth-order valence-corrected chi connectivity index (χ4v) is 10.6. The molecule has 0 atom stereocenters. The van der Waals surface area contributed by atoms with E-state index >= 15 is 0 Å². The van der Waals surface area contributed by atoms with Crippen molar-refractivity contribution in [2.45, 2.75) is 0 Å². The molecular formula is C63H39N5O. The zero-order valence-electron chi connectivity index (χ0n) is 37.2. The van der Waals surface area contributed by atoms with Crippen LogP contribution >= 0.6 is 0 Å². The molecule has 0 saturated heterocycles.